The van der Waals surface area contributed by atoms with E-state index in [0.29, 0.717) is 0 Å². The van der Waals surface area contributed by atoms with Crippen LogP contribution in [0.2, 0.25) is 0 Å². The Bertz CT molecular complexity index is 6150. The maximum absolute atomic E-state index is 2.47. The van der Waals surface area contributed by atoms with Crippen molar-refractivity contribution in [3.05, 3.63) is 505 Å². The summed E-state index contributed by atoms with van der Waals surface area (Å²) in [5.74, 6) is 0. The summed E-state index contributed by atoms with van der Waals surface area (Å²) in [5.41, 5.74) is 34.0. The summed E-state index contributed by atoms with van der Waals surface area (Å²) in [7, 11) is 0. The maximum atomic E-state index is 2.47. The average Bonchev–Trinajstić information content (AvgIpc) is 1.56. The smallest absolute Gasteiger partial charge is 0.0462 e. The lowest BCUT2D eigenvalue weighted by Gasteiger charge is -2.30. The molecule has 590 valence electrons. The average molecular weight is 1580 g/mol. The molecule has 2 heterocycles. The fraction of sp³-hybridized carbons (Fsp3) is 0.0427. The minimum atomic E-state index is -0.190. The molecule has 0 fully saturated rings. The quantitative estimate of drug-likeness (QED) is 0.0539. The summed E-state index contributed by atoms with van der Waals surface area (Å²) in [5, 5.41) is 0. The van der Waals surface area contributed by atoms with E-state index in [0.717, 1.165) is 160 Å². The molecule has 0 aliphatic heterocycles. The van der Waals surface area contributed by atoms with Gasteiger partial charge in [-0.2, -0.15) is 0 Å². The van der Waals surface area contributed by atoms with Gasteiger partial charge in [-0.05, 0) is 298 Å². The van der Waals surface area contributed by atoms with Crippen molar-refractivity contribution in [3.8, 4) is 44.8 Å². The van der Waals surface area contributed by atoms with Gasteiger partial charge in [0, 0.05) is 108 Å². The molecule has 19 rings (SSSR count). The molecule has 0 saturated carbocycles. The van der Waals surface area contributed by atoms with Gasteiger partial charge in [0.1, 0.15) is 0 Å². The Morgan fingerprint density at radius 3 is 0.618 bits per heavy atom. The Balaban J connectivity index is 0.621. The first-order chi connectivity index (χ1) is 60.9. The van der Waals surface area contributed by atoms with Gasteiger partial charge in [-0.1, -0.05) is 293 Å². The van der Waals surface area contributed by atoms with Crippen LogP contribution in [0.25, 0.3) is 93.4 Å². The van der Waals surface area contributed by atoms with Gasteiger partial charge in [0.05, 0.1) is 0 Å². The molecule has 2 aromatic heterocycles. The van der Waals surface area contributed by atoms with Crippen molar-refractivity contribution in [1.29, 1.82) is 0 Å². The largest absolute Gasteiger partial charge is 0.311 e. The molecule has 18 aromatic rings. The monoisotopic (exact) mass is 1580 g/mol. The highest BCUT2D eigenvalue weighted by atomic mass is 15.2. The van der Waals surface area contributed by atoms with Crippen molar-refractivity contribution < 1.29 is 0 Å². The standard InChI is InChI=1S/C117H92N6/c1-3-117(4-2)115-85-89(51-69-107-81-79-105(67-49-87-45-63-103(64-46-87)118(95-29-13-5-14-30-95)96-31-15-6-16-32-96)122(107)111-75-59-93(60-76-111)91-55-71-109(72-56-91)120(99-37-21-9-22-38-99)100-39-23-10-24-40-100)53-83-113(115)114-84-54-90(86-116(114)117)52-70-108-82-80-106(68-50-88-47-65-104(66-48-88)119(97-33-17-7-18-34-97)98-35-19-8-20-36-98)123(108)112-77-61-94(62-78-112)92-57-73-110(74-58-92)121(101-41-25-11-26-42-101)102-43-27-12-28-44-102/h5-86H,3-4H2,1-2H3/b67-49+,68-50+,69-51+,70-52+. The molecule has 0 atom stereocenters. The van der Waals surface area contributed by atoms with Gasteiger partial charge in [-0.3, -0.25) is 0 Å². The van der Waals surface area contributed by atoms with E-state index in [1.54, 1.807) is 0 Å². The fourth-order valence-corrected chi connectivity index (χ4v) is 17.6. The zero-order valence-electron chi connectivity index (χ0n) is 68.9. The normalized spacial score (nSPS) is 12.1. The lowest BCUT2D eigenvalue weighted by atomic mass is 9.73. The topological polar surface area (TPSA) is 22.8 Å². The zero-order chi connectivity index (χ0) is 82.7. The van der Waals surface area contributed by atoms with Crippen LogP contribution in [0, 0.1) is 0 Å². The van der Waals surface area contributed by atoms with E-state index in [4.69, 9.17) is 0 Å². The molecule has 6 heteroatoms. The van der Waals surface area contributed by atoms with Crippen molar-refractivity contribution in [2.45, 2.75) is 32.1 Å². The molecule has 0 amide bonds. The summed E-state index contributed by atoms with van der Waals surface area (Å²) >= 11 is 0. The second-order valence-electron chi connectivity index (χ2n) is 31.2. The van der Waals surface area contributed by atoms with Gasteiger partial charge in [0.2, 0.25) is 0 Å². The van der Waals surface area contributed by atoms with E-state index in [9.17, 15) is 0 Å². The van der Waals surface area contributed by atoms with Gasteiger partial charge in [-0.25, -0.2) is 0 Å². The summed E-state index contributed by atoms with van der Waals surface area (Å²) in [4.78, 5) is 9.21. The first kappa shape index (κ1) is 77.2. The molecular formula is C117H92N6. The molecule has 1 aliphatic rings. The maximum Gasteiger partial charge on any atom is 0.0462 e. The Kier molecular flexibility index (Phi) is 22.2. The van der Waals surface area contributed by atoms with Gasteiger partial charge in [0.25, 0.3) is 0 Å². The molecular weight excluding hydrogens is 1490 g/mol. The lowest BCUT2D eigenvalue weighted by molar-refractivity contribution is 0.490. The third kappa shape index (κ3) is 16.3. The van der Waals surface area contributed by atoms with Crippen molar-refractivity contribution in [2.75, 3.05) is 19.6 Å². The van der Waals surface area contributed by atoms with Crippen LogP contribution in [0.1, 0.15) is 82.8 Å². The minimum absolute atomic E-state index is 0.190. The highest BCUT2D eigenvalue weighted by Gasteiger charge is 2.41. The Morgan fingerprint density at radius 1 is 0.195 bits per heavy atom. The van der Waals surface area contributed by atoms with Crippen molar-refractivity contribution in [3.63, 3.8) is 0 Å². The van der Waals surface area contributed by atoms with Crippen LogP contribution in [-0.2, 0) is 5.41 Å². The third-order valence-corrected chi connectivity index (χ3v) is 23.9. The predicted octanol–water partition coefficient (Wildman–Crippen LogP) is 32.2. The first-order valence-corrected chi connectivity index (χ1v) is 42.6. The number of hydrogen-bond acceptors (Lipinski definition) is 4. The van der Waals surface area contributed by atoms with E-state index in [1.165, 1.54) is 22.3 Å². The highest BCUT2D eigenvalue weighted by molar-refractivity contribution is 5.88. The van der Waals surface area contributed by atoms with Gasteiger partial charge in [-0.15, -0.1) is 0 Å². The molecule has 0 spiro atoms. The first-order valence-electron chi connectivity index (χ1n) is 42.6. The molecule has 0 radical (unpaired) electrons. The Morgan fingerprint density at radius 2 is 0.390 bits per heavy atom. The van der Waals surface area contributed by atoms with Crippen LogP contribution in [0.15, 0.2) is 449 Å². The summed E-state index contributed by atoms with van der Waals surface area (Å²) in [6.07, 6.45) is 20.1. The van der Waals surface area contributed by atoms with E-state index in [2.05, 4.69) is 540 Å². The Labute approximate surface area is 722 Å². The molecule has 0 bridgehead atoms. The molecule has 0 N–H and O–H groups in total. The van der Waals surface area contributed by atoms with E-state index >= 15 is 0 Å². The zero-order valence-corrected chi connectivity index (χ0v) is 68.9. The second kappa shape index (κ2) is 35.4. The summed E-state index contributed by atoms with van der Waals surface area (Å²) < 4.78 is 4.76. The van der Waals surface area contributed by atoms with Crippen molar-refractivity contribution in [2.24, 2.45) is 0 Å². The van der Waals surface area contributed by atoms with E-state index in [-0.39, 0.29) is 5.41 Å². The predicted molar refractivity (Wildman–Crippen MR) is 523 cm³/mol. The van der Waals surface area contributed by atoms with Crippen LogP contribution in [0.4, 0.5) is 68.2 Å². The third-order valence-electron chi connectivity index (χ3n) is 23.9. The lowest BCUT2D eigenvalue weighted by Crippen LogP contribution is -2.23. The highest BCUT2D eigenvalue weighted by Crippen LogP contribution is 2.54. The number of benzene rings is 16. The fourth-order valence-electron chi connectivity index (χ4n) is 17.6. The van der Waals surface area contributed by atoms with E-state index < -0.39 is 0 Å². The second-order valence-corrected chi connectivity index (χ2v) is 31.2. The van der Waals surface area contributed by atoms with Crippen molar-refractivity contribution in [1.82, 2.24) is 9.13 Å². The van der Waals surface area contributed by atoms with Gasteiger partial charge in [0.15, 0.2) is 0 Å². The minimum Gasteiger partial charge on any atom is -0.311 e. The number of para-hydroxylation sites is 8. The molecule has 1 aliphatic carbocycles. The number of fused-ring (bicyclic) bond motifs is 3. The van der Waals surface area contributed by atoms with Crippen LogP contribution >= 0.6 is 0 Å². The van der Waals surface area contributed by atoms with E-state index in [1.807, 2.05) is 0 Å². The van der Waals surface area contributed by atoms with Crippen molar-refractivity contribution >= 4 is 117 Å². The van der Waals surface area contributed by atoms with Crippen LogP contribution in [0.3, 0.4) is 0 Å². The van der Waals surface area contributed by atoms with Gasteiger partial charge < -0.3 is 28.7 Å². The number of aromatic nitrogens is 2. The Hall–Kier alpha value is -15.8. The summed E-state index contributed by atoms with van der Waals surface area (Å²) in [6.45, 7) is 4.73. The molecule has 0 saturated heterocycles. The van der Waals surface area contributed by atoms with Gasteiger partial charge >= 0.3 is 0 Å². The molecule has 123 heavy (non-hydrogen) atoms. The molecule has 16 aromatic carbocycles. The SMILES string of the molecule is CCC1(CC)c2cc(/C=C/c3ccc(/C=C/c4ccc(N(c5ccccc5)c5ccccc5)cc4)n3-c3ccc(-c4ccc(N(c5ccccc5)c5ccccc5)cc4)cc3)ccc2-c2ccc(/C=C/c3ccc(/C=C/c4ccc(N(c5ccccc5)c5ccccc5)cc4)n3-c3ccc(-c4ccc(N(c5ccccc5)c5ccccc5)cc4)cc3)cc21. The molecule has 6 nitrogen and oxygen atoms in total. The van der Waals surface area contributed by atoms with Crippen LogP contribution in [-0.4, -0.2) is 9.13 Å². The number of nitrogens with zero attached hydrogens (tertiary/aromatic N) is 6. The summed E-state index contributed by atoms with van der Waals surface area (Å²) in [6, 6.07) is 161. The van der Waals surface area contributed by atoms with Crippen LogP contribution in [0.5, 0.6) is 0 Å². The number of hydrogen-bond donors (Lipinski definition) is 0. The number of anilines is 12. The number of rotatable bonds is 26. The molecule has 0 unspecified atom stereocenters. The van der Waals surface area contributed by atoms with Crippen LogP contribution < -0.4 is 19.6 Å².